The fraction of sp³-hybridized carbons (Fsp3) is 0.750. The first-order valence-corrected chi connectivity index (χ1v) is 5.93. The second-order valence-electron chi connectivity index (χ2n) is 4.36. The number of hydrogen-bond donors (Lipinski definition) is 1. The van der Waals surface area contributed by atoms with Crippen molar-refractivity contribution in [2.75, 3.05) is 20.3 Å². The summed E-state index contributed by atoms with van der Waals surface area (Å²) in [6.07, 6.45) is 4.86. The zero-order valence-corrected chi connectivity index (χ0v) is 10.5. The van der Waals surface area contributed by atoms with E-state index in [1.54, 1.807) is 7.11 Å². The first kappa shape index (κ1) is 13.2. The lowest BCUT2D eigenvalue weighted by molar-refractivity contribution is 0.173. The lowest BCUT2D eigenvalue weighted by Crippen LogP contribution is -2.36. The van der Waals surface area contributed by atoms with Crippen molar-refractivity contribution >= 4 is 0 Å². The SMILES string of the molecule is COCCC(NCCn1cccn1)C(C)C. The minimum atomic E-state index is 0.524. The molecule has 4 heteroatoms. The molecular formula is C12H23N3O. The zero-order valence-electron chi connectivity index (χ0n) is 10.5. The molecule has 1 aromatic rings. The Morgan fingerprint density at radius 1 is 1.44 bits per heavy atom. The van der Waals surface area contributed by atoms with Crippen molar-refractivity contribution in [2.24, 2.45) is 5.92 Å². The number of aromatic nitrogens is 2. The molecule has 0 spiro atoms. The Kier molecular flexibility index (Phi) is 6.11. The van der Waals surface area contributed by atoms with Crippen LogP contribution in [0, 0.1) is 5.92 Å². The predicted molar refractivity (Wildman–Crippen MR) is 65.3 cm³/mol. The van der Waals surface area contributed by atoms with Gasteiger partial charge < -0.3 is 10.1 Å². The molecule has 0 saturated carbocycles. The van der Waals surface area contributed by atoms with E-state index in [0.29, 0.717) is 12.0 Å². The summed E-state index contributed by atoms with van der Waals surface area (Å²) in [5.41, 5.74) is 0. The van der Waals surface area contributed by atoms with Gasteiger partial charge in [-0.1, -0.05) is 13.8 Å². The van der Waals surface area contributed by atoms with Crippen LogP contribution >= 0.6 is 0 Å². The Hall–Kier alpha value is -0.870. The van der Waals surface area contributed by atoms with Crippen LogP contribution in [0.1, 0.15) is 20.3 Å². The Morgan fingerprint density at radius 2 is 2.25 bits per heavy atom. The number of ether oxygens (including phenoxy) is 1. The van der Waals surface area contributed by atoms with Crippen LogP contribution in [-0.2, 0) is 11.3 Å². The number of nitrogens with zero attached hydrogens (tertiary/aromatic N) is 2. The number of nitrogens with one attached hydrogen (secondary N) is 1. The highest BCUT2D eigenvalue weighted by Crippen LogP contribution is 2.05. The van der Waals surface area contributed by atoms with Crippen LogP contribution in [0.25, 0.3) is 0 Å². The Bertz CT molecular complexity index is 259. The van der Waals surface area contributed by atoms with Crippen molar-refractivity contribution in [2.45, 2.75) is 32.9 Å². The lowest BCUT2D eigenvalue weighted by atomic mass is 10.0. The van der Waals surface area contributed by atoms with E-state index in [2.05, 4.69) is 24.3 Å². The molecule has 0 amide bonds. The maximum atomic E-state index is 5.12. The quantitative estimate of drug-likeness (QED) is 0.729. The first-order valence-electron chi connectivity index (χ1n) is 5.93. The van der Waals surface area contributed by atoms with Gasteiger partial charge in [-0.15, -0.1) is 0 Å². The molecule has 0 aliphatic rings. The maximum absolute atomic E-state index is 5.12. The molecule has 0 saturated heterocycles. The molecule has 1 aromatic heterocycles. The van der Waals surface area contributed by atoms with Crippen LogP contribution < -0.4 is 5.32 Å². The van der Waals surface area contributed by atoms with Gasteiger partial charge in [0.25, 0.3) is 0 Å². The monoisotopic (exact) mass is 225 g/mol. The van der Waals surface area contributed by atoms with Gasteiger partial charge in [0.05, 0.1) is 6.54 Å². The lowest BCUT2D eigenvalue weighted by Gasteiger charge is -2.22. The molecule has 0 fully saturated rings. The average Bonchev–Trinajstić information content (AvgIpc) is 2.75. The van der Waals surface area contributed by atoms with E-state index in [0.717, 1.165) is 26.1 Å². The van der Waals surface area contributed by atoms with E-state index in [-0.39, 0.29) is 0 Å². The molecule has 1 atom stereocenters. The van der Waals surface area contributed by atoms with Crippen LogP contribution in [0.5, 0.6) is 0 Å². The minimum absolute atomic E-state index is 0.524. The Balaban J connectivity index is 2.21. The molecule has 0 aromatic carbocycles. The molecule has 1 unspecified atom stereocenters. The molecule has 0 aliphatic carbocycles. The van der Waals surface area contributed by atoms with Gasteiger partial charge in [0.1, 0.15) is 0 Å². The average molecular weight is 225 g/mol. The smallest absolute Gasteiger partial charge is 0.0534 e. The third kappa shape index (κ3) is 4.77. The third-order valence-corrected chi connectivity index (χ3v) is 2.74. The summed E-state index contributed by atoms with van der Waals surface area (Å²) in [6.45, 7) is 7.16. The summed E-state index contributed by atoms with van der Waals surface area (Å²) in [4.78, 5) is 0. The zero-order chi connectivity index (χ0) is 11.8. The van der Waals surface area contributed by atoms with Crippen LogP contribution in [0.4, 0.5) is 0 Å². The van der Waals surface area contributed by atoms with Gasteiger partial charge in [-0.3, -0.25) is 4.68 Å². The topological polar surface area (TPSA) is 39.1 Å². The predicted octanol–water partition coefficient (Wildman–Crippen LogP) is 1.53. The van der Waals surface area contributed by atoms with E-state index in [4.69, 9.17) is 4.74 Å². The van der Waals surface area contributed by atoms with Gasteiger partial charge in [0.2, 0.25) is 0 Å². The van der Waals surface area contributed by atoms with Crippen LogP contribution in [-0.4, -0.2) is 36.1 Å². The van der Waals surface area contributed by atoms with Gasteiger partial charge in [-0.2, -0.15) is 5.10 Å². The van der Waals surface area contributed by atoms with Crippen LogP contribution in [0.3, 0.4) is 0 Å². The van der Waals surface area contributed by atoms with E-state index in [1.165, 1.54) is 0 Å². The maximum Gasteiger partial charge on any atom is 0.0534 e. The van der Waals surface area contributed by atoms with Gasteiger partial charge in [-0.25, -0.2) is 0 Å². The molecule has 0 bridgehead atoms. The highest BCUT2D eigenvalue weighted by Gasteiger charge is 2.11. The Labute approximate surface area is 98.0 Å². The standard InChI is InChI=1S/C12H23N3O/c1-11(2)12(5-10-16-3)13-7-9-15-8-4-6-14-15/h4,6,8,11-13H,5,7,9-10H2,1-3H3. The van der Waals surface area contributed by atoms with Crippen LogP contribution in [0.2, 0.25) is 0 Å². The van der Waals surface area contributed by atoms with Crippen molar-refractivity contribution in [1.29, 1.82) is 0 Å². The number of methoxy groups -OCH3 is 1. The van der Waals surface area contributed by atoms with Crippen molar-refractivity contribution < 1.29 is 4.74 Å². The summed E-state index contributed by atoms with van der Waals surface area (Å²) >= 11 is 0. The molecule has 0 aliphatic heterocycles. The highest BCUT2D eigenvalue weighted by atomic mass is 16.5. The first-order chi connectivity index (χ1) is 7.74. The van der Waals surface area contributed by atoms with Gasteiger partial charge in [0, 0.05) is 38.7 Å². The number of hydrogen-bond acceptors (Lipinski definition) is 3. The summed E-state index contributed by atoms with van der Waals surface area (Å²) in [5, 5.41) is 7.72. The molecule has 4 nitrogen and oxygen atoms in total. The van der Waals surface area contributed by atoms with Gasteiger partial charge >= 0.3 is 0 Å². The van der Waals surface area contributed by atoms with Crippen molar-refractivity contribution in [3.8, 4) is 0 Å². The van der Waals surface area contributed by atoms with E-state index in [9.17, 15) is 0 Å². The molecule has 16 heavy (non-hydrogen) atoms. The van der Waals surface area contributed by atoms with Crippen molar-refractivity contribution in [1.82, 2.24) is 15.1 Å². The highest BCUT2D eigenvalue weighted by molar-refractivity contribution is 4.78. The molecule has 1 rings (SSSR count). The second kappa shape index (κ2) is 7.41. The third-order valence-electron chi connectivity index (χ3n) is 2.74. The molecular weight excluding hydrogens is 202 g/mol. The van der Waals surface area contributed by atoms with Gasteiger partial charge in [-0.05, 0) is 18.4 Å². The minimum Gasteiger partial charge on any atom is -0.385 e. The molecule has 92 valence electrons. The van der Waals surface area contributed by atoms with E-state index >= 15 is 0 Å². The van der Waals surface area contributed by atoms with Gasteiger partial charge in [0.15, 0.2) is 0 Å². The molecule has 1 heterocycles. The largest absolute Gasteiger partial charge is 0.385 e. The Morgan fingerprint density at radius 3 is 2.81 bits per heavy atom. The van der Waals surface area contributed by atoms with Crippen LogP contribution in [0.15, 0.2) is 18.5 Å². The van der Waals surface area contributed by atoms with E-state index < -0.39 is 0 Å². The molecule has 0 radical (unpaired) electrons. The number of rotatable bonds is 8. The fourth-order valence-corrected chi connectivity index (χ4v) is 1.71. The normalized spacial score (nSPS) is 13.2. The fourth-order valence-electron chi connectivity index (χ4n) is 1.71. The summed E-state index contributed by atoms with van der Waals surface area (Å²) in [7, 11) is 1.75. The molecule has 1 N–H and O–H groups in total. The summed E-state index contributed by atoms with van der Waals surface area (Å²) in [5.74, 6) is 0.632. The second-order valence-corrected chi connectivity index (χ2v) is 4.36. The van der Waals surface area contributed by atoms with Crippen molar-refractivity contribution in [3.63, 3.8) is 0 Å². The van der Waals surface area contributed by atoms with E-state index in [1.807, 2.05) is 23.1 Å². The summed E-state index contributed by atoms with van der Waals surface area (Å²) < 4.78 is 7.06. The van der Waals surface area contributed by atoms with Crippen molar-refractivity contribution in [3.05, 3.63) is 18.5 Å². The summed E-state index contributed by atoms with van der Waals surface area (Å²) in [6, 6.07) is 2.47.